The normalized spacial score (nSPS) is 15.7. The van der Waals surface area contributed by atoms with E-state index in [1.165, 1.54) is 19.2 Å². The first-order valence-electron chi connectivity index (χ1n) is 14.5. The summed E-state index contributed by atoms with van der Waals surface area (Å²) in [7, 11) is 1.53. The number of carbonyl (C=O) groups is 2. The number of piperidine rings is 1. The summed E-state index contributed by atoms with van der Waals surface area (Å²) in [5.74, 6) is -0.806. The second-order valence-electron chi connectivity index (χ2n) is 11.0. The van der Waals surface area contributed by atoms with Gasteiger partial charge in [0.2, 0.25) is 0 Å². The quantitative estimate of drug-likeness (QED) is 0.447. The van der Waals surface area contributed by atoms with E-state index < -0.39 is 5.82 Å². The Morgan fingerprint density at radius 2 is 1.55 bits per heavy atom. The Balaban J connectivity index is 1.23. The van der Waals surface area contributed by atoms with Crippen LogP contribution in [-0.4, -0.2) is 69.1 Å². The van der Waals surface area contributed by atoms with Gasteiger partial charge in [0, 0.05) is 69.3 Å². The fourth-order valence-electron chi connectivity index (χ4n) is 5.99. The number of aryl methyl sites for hydroxylation is 2. The summed E-state index contributed by atoms with van der Waals surface area (Å²) in [4.78, 5) is 32.2. The smallest absolute Gasteiger partial charge is 0.254 e. The lowest BCUT2D eigenvalue weighted by molar-refractivity contribution is 0.0745. The molecule has 2 saturated heterocycles. The van der Waals surface area contributed by atoms with E-state index in [0.29, 0.717) is 48.6 Å². The van der Waals surface area contributed by atoms with Crippen molar-refractivity contribution in [3.05, 3.63) is 88.2 Å². The summed E-state index contributed by atoms with van der Waals surface area (Å²) in [6.45, 7) is 7.84. The number of rotatable bonds is 6. The first kappa shape index (κ1) is 28.9. The molecular formula is C33H37FN6O2. The zero-order valence-corrected chi connectivity index (χ0v) is 24.4. The number of nitrogens with one attached hydrogen (secondary N) is 2. The highest BCUT2D eigenvalue weighted by Gasteiger charge is 2.27. The van der Waals surface area contributed by atoms with Crippen LogP contribution in [0.15, 0.2) is 54.6 Å². The molecule has 3 aromatic rings. The van der Waals surface area contributed by atoms with Crippen LogP contribution in [0.5, 0.6) is 0 Å². The van der Waals surface area contributed by atoms with E-state index >= 15 is 0 Å². The van der Waals surface area contributed by atoms with Crippen molar-refractivity contribution >= 4 is 28.9 Å². The average Bonchev–Trinajstić information content (AvgIpc) is 3.02. The van der Waals surface area contributed by atoms with Gasteiger partial charge in [0.25, 0.3) is 11.8 Å². The zero-order valence-electron chi connectivity index (χ0n) is 24.4. The van der Waals surface area contributed by atoms with Crippen LogP contribution in [0, 0.1) is 31.0 Å². The molecule has 2 amide bonds. The van der Waals surface area contributed by atoms with E-state index in [1.54, 1.807) is 6.07 Å². The van der Waals surface area contributed by atoms with Crippen molar-refractivity contribution in [2.24, 2.45) is 0 Å². The van der Waals surface area contributed by atoms with E-state index in [9.17, 15) is 19.2 Å². The minimum absolute atomic E-state index is 0.0104. The molecule has 2 heterocycles. The van der Waals surface area contributed by atoms with E-state index in [0.717, 1.165) is 48.4 Å². The third kappa shape index (κ3) is 6.03. The third-order valence-electron chi connectivity index (χ3n) is 8.36. The molecule has 0 aliphatic carbocycles. The predicted molar refractivity (Wildman–Crippen MR) is 164 cm³/mol. The van der Waals surface area contributed by atoms with Crippen molar-refractivity contribution in [1.29, 1.82) is 5.26 Å². The molecule has 0 bridgehead atoms. The molecule has 3 aromatic carbocycles. The fourth-order valence-corrected chi connectivity index (χ4v) is 5.99. The summed E-state index contributed by atoms with van der Waals surface area (Å²) in [5, 5.41) is 15.7. The number of carbonyl (C=O) groups excluding carboxylic acids is 2. The van der Waals surface area contributed by atoms with Crippen LogP contribution in [0.2, 0.25) is 0 Å². The highest BCUT2D eigenvalue weighted by atomic mass is 19.1. The van der Waals surface area contributed by atoms with Crippen molar-refractivity contribution in [3.63, 3.8) is 0 Å². The predicted octanol–water partition coefficient (Wildman–Crippen LogP) is 4.72. The topological polar surface area (TPSA) is 91.7 Å². The first-order chi connectivity index (χ1) is 20.3. The second-order valence-corrected chi connectivity index (χ2v) is 11.0. The van der Waals surface area contributed by atoms with Crippen molar-refractivity contribution in [2.75, 3.05) is 61.4 Å². The van der Waals surface area contributed by atoms with Crippen LogP contribution in [0.4, 0.5) is 21.5 Å². The Kier molecular flexibility index (Phi) is 8.62. The molecular weight excluding hydrogens is 531 g/mol. The van der Waals surface area contributed by atoms with Crippen LogP contribution in [-0.2, 0) is 0 Å². The highest BCUT2D eigenvalue weighted by Crippen LogP contribution is 2.29. The van der Waals surface area contributed by atoms with Gasteiger partial charge in [-0.25, -0.2) is 4.39 Å². The fraction of sp³-hybridized carbons (Fsp3) is 0.364. The largest absolute Gasteiger partial charge is 0.382 e. The maximum Gasteiger partial charge on any atom is 0.254 e. The van der Waals surface area contributed by atoms with Gasteiger partial charge in [-0.1, -0.05) is 18.2 Å². The number of hydrogen-bond donors (Lipinski definition) is 2. The van der Waals surface area contributed by atoms with Gasteiger partial charge in [-0.15, -0.1) is 0 Å². The first-order valence-corrected chi connectivity index (χ1v) is 14.5. The van der Waals surface area contributed by atoms with E-state index in [2.05, 4.69) is 34.6 Å². The molecule has 2 N–H and O–H groups in total. The van der Waals surface area contributed by atoms with Crippen molar-refractivity contribution < 1.29 is 14.0 Å². The van der Waals surface area contributed by atoms with Gasteiger partial charge in [-0.2, -0.15) is 5.26 Å². The lowest BCUT2D eigenvalue weighted by atomic mass is 9.99. The van der Waals surface area contributed by atoms with Crippen molar-refractivity contribution in [1.82, 2.24) is 10.2 Å². The SMILES string of the molecule is CNC(=O)c1cc(F)ccc1N1CCN(C(=O)c2cc(NC3CCN(c4ccccc4C#N)CC3)c(C)cc2C)CC1. The number of nitriles is 1. The number of benzene rings is 3. The van der Waals surface area contributed by atoms with E-state index in [1.807, 2.05) is 47.1 Å². The lowest BCUT2D eigenvalue weighted by Gasteiger charge is -2.37. The van der Waals surface area contributed by atoms with Gasteiger partial charge in [0.05, 0.1) is 16.8 Å². The molecule has 0 unspecified atom stereocenters. The Morgan fingerprint density at radius 1 is 0.857 bits per heavy atom. The standard InChI is InChI=1S/C33H37FN6O2/c1-22-18-23(2)29(37-26-10-12-38(13-11-26)30-7-5-4-6-24(30)21-35)20-27(22)33(42)40-16-14-39(15-17-40)31-9-8-25(34)19-28(31)32(41)36-3/h4-9,18-20,26,37H,10-17H2,1-3H3,(H,36,41). The van der Waals surface area contributed by atoms with Gasteiger partial charge in [-0.3, -0.25) is 9.59 Å². The minimum atomic E-state index is -0.458. The molecule has 9 heteroatoms. The second kappa shape index (κ2) is 12.5. The molecule has 0 spiro atoms. The maximum atomic E-state index is 13.9. The maximum absolute atomic E-state index is 13.9. The zero-order chi connectivity index (χ0) is 29.8. The summed E-state index contributed by atoms with van der Waals surface area (Å²) in [6.07, 6.45) is 1.86. The number of para-hydroxylation sites is 1. The van der Waals surface area contributed by atoms with Gasteiger partial charge >= 0.3 is 0 Å². The van der Waals surface area contributed by atoms with Crippen LogP contribution in [0.25, 0.3) is 0 Å². The highest BCUT2D eigenvalue weighted by molar-refractivity contribution is 6.00. The number of halogens is 1. The molecule has 0 atom stereocenters. The van der Waals surface area contributed by atoms with Crippen LogP contribution in [0.1, 0.15) is 50.2 Å². The monoisotopic (exact) mass is 568 g/mol. The number of anilines is 3. The Hall–Kier alpha value is -4.58. The molecule has 2 aliphatic rings. The average molecular weight is 569 g/mol. The summed E-state index contributed by atoms with van der Waals surface area (Å²) < 4.78 is 13.9. The Morgan fingerprint density at radius 3 is 2.24 bits per heavy atom. The molecule has 0 radical (unpaired) electrons. The van der Waals surface area contributed by atoms with Crippen LogP contribution >= 0.6 is 0 Å². The summed E-state index contributed by atoms with van der Waals surface area (Å²) in [5.41, 5.74) is 6.35. The lowest BCUT2D eigenvalue weighted by Crippen LogP contribution is -2.49. The van der Waals surface area contributed by atoms with Gasteiger partial charge in [0.1, 0.15) is 11.9 Å². The summed E-state index contributed by atoms with van der Waals surface area (Å²) in [6, 6.07) is 18.6. The molecule has 5 rings (SSSR count). The van der Waals surface area contributed by atoms with Gasteiger partial charge in [0.15, 0.2) is 0 Å². The molecule has 2 fully saturated rings. The number of amides is 2. The number of hydrogen-bond acceptors (Lipinski definition) is 6. The minimum Gasteiger partial charge on any atom is -0.382 e. The molecule has 8 nitrogen and oxygen atoms in total. The summed E-state index contributed by atoms with van der Waals surface area (Å²) >= 11 is 0. The van der Waals surface area contributed by atoms with Gasteiger partial charge in [-0.05, 0) is 74.2 Å². The van der Waals surface area contributed by atoms with Gasteiger partial charge < -0.3 is 25.3 Å². The third-order valence-corrected chi connectivity index (χ3v) is 8.36. The molecule has 0 aromatic heterocycles. The molecule has 42 heavy (non-hydrogen) atoms. The van der Waals surface area contributed by atoms with Crippen molar-refractivity contribution in [3.8, 4) is 6.07 Å². The molecule has 0 saturated carbocycles. The molecule has 218 valence electrons. The van der Waals surface area contributed by atoms with Crippen molar-refractivity contribution in [2.45, 2.75) is 32.7 Å². The number of nitrogens with zero attached hydrogens (tertiary/aromatic N) is 4. The van der Waals surface area contributed by atoms with Crippen LogP contribution < -0.4 is 20.4 Å². The Labute approximate surface area is 246 Å². The number of piperazine rings is 1. The van der Waals surface area contributed by atoms with E-state index in [4.69, 9.17) is 0 Å². The van der Waals surface area contributed by atoms with Crippen LogP contribution in [0.3, 0.4) is 0 Å². The van der Waals surface area contributed by atoms with E-state index in [-0.39, 0.29) is 17.9 Å². The Bertz CT molecular complexity index is 1520. The molecule has 2 aliphatic heterocycles.